The molecular weight excluding hydrogens is 270 g/mol. The Morgan fingerprint density at radius 2 is 2.19 bits per heavy atom. The molecule has 0 saturated heterocycles. The van der Waals surface area contributed by atoms with E-state index >= 15 is 0 Å². The summed E-state index contributed by atoms with van der Waals surface area (Å²) >= 11 is 0. The molecule has 0 saturated carbocycles. The molecule has 1 N–H and O–H groups in total. The molecule has 0 heterocycles. The molecule has 0 aliphatic carbocycles. The van der Waals surface area contributed by atoms with Crippen molar-refractivity contribution in [3.63, 3.8) is 0 Å². The van der Waals surface area contributed by atoms with E-state index in [1.165, 1.54) is 0 Å². The zero-order valence-electron chi connectivity index (χ0n) is 12.5. The van der Waals surface area contributed by atoms with E-state index in [0.29, 0.717) is 31.1 Å². The van der Waals surface area contributed by atoms with Crippen LogP contribution in [0.25, 0.3) is 0 Å². The Labute approximate surface area is 125 Å². The van der Waals surface area contributed by atoms with Crippen molar-refractivity contribution in [1.29, 1.82) is 0 Å². The molecule has 1 rings (SSSR count). The molecule has 1 aromatic carbocycles. The summed E-state index contributed by atoms with van der Waals surface area (Å²) in [6, 6.07) is 5.61. The number of hydrogen-bond acceptors (Lipinski definition) is 4. The van der Waals surface area contributed by atoms with E-state index in [0.717, 1.165) is 5.56 Å². The first kappa shape index (κ1) is 16.9. The summed E-state index contributed by atoms with van der Waals surface area (Å²) in [5.41, 5.74) is 1.04. The third kappa shape index (κ3) is 6.19. The first-order valence-electron chi connectivity index (χ1n) is 6.78. The lowest BCUT2D eigenvalue weighted by molar-refractivity contribution is -0.125. The summed E-state index contributed by atoms with van der Waals surface area (Å²) in [7, 11) is 1.58. The molecule has 0 atom stereocenters. The molecule has 114 valence electrons. The lowest BCUT2D eigenvalue weighted by Gasteiger charge is -2.11. The maximum Gasteiger partial charge on any atom is 0.246 e. The molecular formula is C16H21NO4. The number of carbonyl (C=O) groups is 1. The van der Waals surface area contributed by atoms with Gasteiger partial charge in [-0.15, -0.1) is 6.42 Å². The third-order valence-corrected chi connectivity index (χ3v) is 2.71. The first-order chi connectivity index (χ1) is 10.2. The number of hydrogen-bond donors (Lipinski definition) is 1. The highest BCUT2D eigenvalue weighted by Crippen LogP contribution is 2.28. The maximum atomic E-state index is 11.4. The maximum absolute atomic E-state index is 11.4. The van der Waals surface area contributed by atoms with Gasteiger partial charge in [0.1, 0.15) is 13.2 Å². The quantitative estimate of drug-likeness (QED) is 0.699. The highest BCUT2D eigenvalue weighted by Gasteiger charge is 2.06. The SMILES string of the molecule is C#CCOc1ccc(CCNC(=O)COCC)cc1OC. The van der Waals surface area contributed by atoms with Crippen LogP contribution in [-0.2, 0) is 16.0 Å². The number of amides is 1. The zero-order valence-corrected chi connectivity index (χ0v) is 12.5. The molecule has 1 aromatic rings. The minimum absolute atomic E-state index is 0.0959. The average molecular weight is 291 g/mol. The third-order valence-electron chi connectivity index (χ3n) is 2.71. The average Bonchev–Trinajstić information content (AvgIpc) is 2.51. The molecule has 0 aliphatic heterocycles. The largest absolute Gasteiger partial charge is 0.493 e. The lowest BCUT2D eigenvalue weighted by atomic mass is 10.1. The molecule has 0 fully saturated rings. The molecule has 0 aromatic heterocycles. The fourth-order valence-electron chi connectivity index (χ4n) is 1.70. The normalized spacial score (nSPS) is 9.76. The van der Waals surface area contributed by atoms with Crippen LogP contribution in [0, 0.1) is 12.3 Å². The van der Waals surface area contributed by atoms with E-state index in [-0.39, 0.29) is 19.1 Å². The number of carbonyl (C=O) groups excluding carboxylic acids is 1. The minimum Gasteiger partial charge on any atom is -0.493 e. The Morgan fingerprint density at radius 1 is 1.38 bits per heavy atom. The van der Waals surface area contributed by atoms with E-state index < -0.39 is 0 Å². The van der Waals surface area contributed by atoms with Crippen molar-refractivity contribution in [2.75, 3.05) is 33.5 Å². The van der Waals surface area contributed by atoms with Crippen molar-refractivity contribution >= 4 is 5.91 Å². The lowest BCUT2D eigenvalue weighted by Crippen LogP contribution is -2.29. The number of methoxy groups -OCH3 is 1. The van der Waals surface area contributed by atoms with Gasteiger partial charge in [0.15, 0.2) is 11.5 Å². The van der Waals surface area contributed by atoms with Crippen LogP contribution in [0.1, 0.15) is 12.5 Å². The second kappa shape index (κ2) is 9.67. The van der Waals surface area contributed by atoms with E-state index in [9.17, 15) is 4.79 Å². The molecule has 21 heavy (non-hydrogen) atoms. The number of nitrogens with one attached hydrogen (secondary N) is 1. The summed E-state index contributed by atoms with van der Waals surface area (Å²) < 4.78 is 15.7. The van der Waals surface area contributed by atoms with Crippen LogP contribution in [0.2, 0.25) is 0 Å². The highest BCUT2D eigenvalue weighted by molar-refractivity contribution is 5.77. The fraction of sp³-hybridized carbons (Fsp3) is 0.438. The van der Waals surface area contributed by atoms with E-state index in [1.54, 1.807) is 7.11 Å². The Hall–Kier alpha value is -2.19. The van der Waals surface area contributed by atoms with Gasteiger partial charge in [-0.1, -0.05) is 12.0 Å². The fourth-order valence-corrected chi connectivity index (χ4v) is 1.70. The van der Waals surface area contributed by atoms with Crippen LogP contribution in [0.5, 0.6) is 11.5 Å². The Morgan fingerprint density at radius 3 is 2.86 bits per heavy atom. The van der Waals surface area contributed by atoms with Gasteiger partial charge in [-0.05, 0) is 31.0 Å². The number of benzene rings is 1. The minimum atomic E-state index is -0.113. The van der Waals surface area contributed by atoms with Gasteiger partial charge in [0, 0.05) is 13.2 Å². The van der Waals surface area contributed by atoms with E-state index in [2.05, 4.69) is 11.2 Å². The first-order valence-corrected chi connectivity index (χ1v) is 6.78. The van der Waals surface area contributed by atoms with E-state index in [4.69, 9.17) is 20.6 Å². The van der Waals surface area contributed by atoms with Crippen LogP contribution < -0.4 is 14.8 Å². The van der Waals surface area contributed by atoms with Crippen LogP contribution in [0.3, 0.4) is 0 Å². The monoisotopic (exact) mass is 291 g/mol. The highest BCUT2D eigenvalue weighted by atomic mass is 16.5. The Bertz CT molecular complexity index is 494. The Kier molecular flexibility index (Phi) is 7.77. The van der Waals surface area contributed by atoms with Gasteiger partial charge in [-0.2, -0.15) is 0 Å². The molecule has 0 unspecified atom stereocenters. The van der Waals surface area contributed by atoms with E-state index in [1.807, 2.05) is 25.1 Å². The summed E-state index contributed by atoms with van der Waals surface area (Å²) in [4.78, 5) is 11.4. The molecule has 0 aliphatic rings. The topological polar surface area (TPSA) is 56.8 Å². The molecule has 5 nitrogen and oxygen atoms in total. The van der Waals surface area contributed by atoms with Gasteiger partial charge < -0.3 is 19.5 Å². The summed E-state index contributed by atoms with van der Waals surface area (Å²) in [5.74, 6) is 3.53. The van der Waals surface area contributed by atoms with Crippen LogP contribution in [-0.4, -0.2) is 39.4 Å². The number of ether oxygens (including phenoxy) is 3. The molecule has 0 bridgehead atoms. The smallest absolute Gasteiger partial charge is 0.246 e. The van der Waals surface area contributed by atoms with Crippen LogP contribution in [0.15, 0.2) is 18.2 Å². The van der Waals surface area contributed by atoms with Gasteiger partial charge >= 0.3 is 0 Å². The predicted octanol–water partition coefficient (Wildman–Crippen LogP) is 1.40. The standard InChI is InChI=1S/C16H21NO4/c1-4-10-21-14-7-6-13(11-15(14)19-3)8-9-17-16(18)12-20-5-2/h1,6-7,11H,5,8-10,12H2,2-3H3,(H,17,18). The van der Waals surface area contributed by atoms with Gasteiger partial charge in [0.25, 0.3) is 0 Å². The van der Waals surface area contributed by atoms with Crippen molar-refractivity contribution in [2.45, 2.75) is 13.3 Å². The summed E-state index contributed by atoms with van der Waals surface area (Å²) in [5, 5.41) is 2.79. The van der Waals surface area contributed by atoms with Crippen molar-refractivity contribution in [3.05, 3.63) is 23.8 Å². The number of rotatable bonds is 9. The molecule has 0 spiro atoms. The predicted molar refractivity (Wildman–Crippen MR) is 80.5 cm³/mol. The molecule has 1 amide bonds. The summed E-state index contributed by atoms with van der Waals surface area (Å²) in [6.07, 6.45) is 5.86. The van der Waals surface area contributed by atoms with Crippen LogP contribution >= 0.6 is 0 Å². The van der Waals surface area contributed by atoms with Crippen molar-refractivity contribution < 1.29 is 19.0 Å². The zero-order chi connectivity index (χ0) is 15.5. The van der Waals surface area contributed by atoms with Gasteiger partial charge in [-0.3, -0.25) is 4.79 Å². The molecule has 5 heteroatoms. The van der Waals surface area contributed by atoms with Crippen molar-refractivity contribution in [1.82, 2.24) is 5.32 Å². The Balaban J connectivity index is 2.49. The second-order valence-electron chi connectivity index (χ2n) is 4.22. The van der Waals surface area contributed by atoms with Gasteiger partial charge in [0.2, 0.25) is 5.91 Å². The number of terminal acetylenes is 1. The van der Waals surface area contributed by atoms with Gasteiger partial charge in [-0.25, -0.2) is 0 Å². The van der Waals surface area contributed by atoms with Gasteiger partial charge in [0.05, 0.1) is 7.11 Å². The summed E-state index contributed by atoms with van der Waals surface area (Å²) in [6.45, 7) is 3.22. The molecule has 0 radical (unpaired) electrons. The van der Waals surface area contributed by atoms with Crippen molar-refractivity contribution in [2.24, 2.45) is 0 Å². The van der Waals surface area contributed by atoms with Crippen LogP contribution in [0.4, 0.5) is 0 Å². The second-order valence-corrected chi connectivity index (χ2v) is 4.22. The van der Waals surface area contributed by atoms with Crippen molar-refractivity contribution in [3.8, 4) is 23.8 Å².